The van der Waals surface area contributed by atoms with Gasteiger partial charge in [0.05, 0.1) is 11.2 Å². The molecule has 0 radical (unpaired) electrons. The van der Waals surface area contributed by atoms with Crippen molar-refractivity contribution in [2.24, 2.45) is 0 Å². The third-order valence-corrected chi connectivity index (χ3v) is 3.73. The van der Waals surface area contributed by atoms with Gasteiger partial charge in [-0.3, -0.25) is 4.79 Å². The van der Waals surface area contributed by atoms with E-state index in [4.69, 9.17) is 11.6 Å². The van der Waals surface area contributed by atoms with Crippen LogP contribution in [0.1, 0.15) is 21.5 Å². The van der Waals surface area contributed by atoms with Gasteiger partial charge in [0.25, 0.3) is 5.24 Å². The molecule has 0 aliphatic heterocycles. The zero-order valence-electron chi connectivity index (χ0n) is 11.9. The lowest BCUT2D eigenvalue weighted by atomic mass is 10.0. The molecule has 0 fully saturated rings. The number of benzene rings is 2. The van der Waals surface area contributed by atoms with Gasteiger partial charge in [-0.05, 0) is 43.6 Å². The largest absolute Gasteiger partial charge is 0.276 e. The van der Waals surface area contributed by atoms with Gasteiger partial charge in [-0.15, -0.1) is 0 Å². The van der Waals surface area contributed by atoms with E-state index >= 15 is 0 Å². The molecule has 3 rings (SSSR count). The number of hydrogen-bond acceptors (Lipinski definition) is 2. The average molecular weight is 296 g/mol. The Labute approximate surface area is 128 Å². The fourth-order valence-corrected chi connectivity index (χ4v) is 2.53. The van der Waals surface area contributed by atoms with Crippen molar-refractivity contribution in [1.29, 1.82) is 0 Å². The van der Waals surface area contributed by atoms with Crippen molar-refractivity contribution in [1.82, 2.24) is 4.98 Å². The van der Waals surface area contributed by atoms with Crippen LogP contribution in [0.4, 0.5) is 0 Å². The Morgan fingerprint density at radius 3 is 2.29 bits per heavy atom. The van der Waals surface area contributed by atoms with Crippen LogP contribution >= 0.6 is 11.6 Å². The summed E-state index contributed by atoms with van der Waals surface area (Å²) in [7, 11) is 0. The summed E-state index contributed by atoms with van der Waals surface area (Å²) in [5, 5.41) is 0.340. The molecule has 0 saturated carbocycles. The highest BCUT2D eigenvalue weighted by molar-refractivity contribution is 6.68. The van der Waals surface area contributed by atoms with Gasteiger partial charge in [-0.1, -0.05) is 41.5 Å². The summed E-state index contributed by atoms with van der Waals surface area (Å²) in [4.78, 5) is 16.4. The van der Waals surface area contributed by atoms with Crippen LogP contribution in [0, 0.1) is 13.8 Å². The molecular weight excluding hydrogens is 282 g/mol. The van der Waals surface area contributed by atoms with Crippen LogP contribution in [0.3, 0.4) is 0 Å². The van der Waals surface area contributed by atoms with Crippen molar-refractivity contribution < 1.29 is 4.79 Å². The normalized spacial score (nSPS) is 10.8. The van der Waals surface area contributed by atoms with E-state index in [1.807, 2.05) is 56.3 Å². The molecule has 0 saturated heterocycles. The highest BCUT2D eigenvalue weighted by atomic mass is 35.5. The van der Waals surface area contributed by atoms with Crippen LogP contribution in [0.15, 0.2) is 48.5 Å². The van der Waals surface area contributed by atoms with Gasteiger partial charge in [0.15, 0.2) is 0 Å². The zero-order chi connectivity index (χ0) is 15.0. The minimum Gasteiger partial charge on any atom is -0.276 e. The van der Waals surface area contributed by atoms with Gasteiger partial charge in [0.2, 0.25) is 0 Å². The molecule has 3 aromatic rings. The summed E-state index contributed by atoms with van der Waals surface area (Å²) < 4.78 is 0. The summed E-state index contributed by atoms with van der Waals surface area (Å²) in [5.74, 6) is 0. The van der Waals surface area contributed by atoms with Gasteiger partial charge in [-0.25, -0.2) is 4.98 Å². The quantitative estimate of drug-likeness (QED) is 0.630. The molecule has 0 amide bonds. The van der Waals surface area contributed by atoms with E-state index in [1.54, 1.807) is 6.07 Å². The molecule has 21 heavy (non-hydrogen) atoms. The van der Waals surface area contributed by atoms with Crippen molar-refractivity contribution in [3.05, 3.63) is 65.2 Å². The van der Waals surface area contributed by atoms with Gasteiger partial charge in [0, 0.05) is 16.5 Å². The third-order valence-electron chi connectivity index (χ3n) is 3.52. The topological polar surface area (TPSA) is 30.0 Å². The highest BCUT2D eigenvalue weighted by Gasteiger charge is 2.12. The highest BCUT2D eigenvalue weighted by Crippen LogP contribution is 2.26. The molecular formula is C18H14ClNO. The zero-order valence-corrected chi connectivity index (χ0v) is 12.6. The Kier molecular flexibility index (Phi) is 3.48. The summed E-state index contributed by atoms with van der Waals surface area (Å²) in [5.41, 5.74) is 5.27. The molecule has 0 unspecified atom stereocenters. The van der Waals surface area contributed by atoms with Crippen molar-refractivity contribution >= 4 is 27.7 Å². The second kappa shape index (κ2) is 5.30. The molecule has 0 bridgehead atoms. The summed E-state index contributed by atoms with van der Waals surface area (Å²) in [6, 6.07) is 15.7. The molecule has 0 N–H and O–H groups in total. The van der Waals surface area contributed by atoms with Gasteiger partial charge < -0.3 is 0 Å². The Hall–Kier alpha value is -2.19. The van der Waals surface area contributed by atoms with Gasteiger partial charge >= 0.3 is 0 Å². The molecule has 0 atom stereocenters. The van der Waals surface area contributed by atoms with E-state index in [0.29, 0.717) is 5.56 Å². The number of hydrogen-bond donors (Lipinski definition) is 0. The predicted molar refractivity (Wildman–Crippen MR) is 86.8 cm³/mol. The maximum Gasteiger partial charge on any atom is 0.253 e. The van der Waals surface area contributed by atoms with E-state index < -0.39 is 5.24 Å². The third kappa shape index (κ3) is 2.67. The fraction of sp³-hybridized carbons (Fsp3) is 0.111. The lowest BCUT2D eigenvalue weighted by Gasteiger charge is -2.08. The minimum absolute atomic E-state index is 0.457. The number of aryl methyl sites for hydroxylation is 2. The molecule has 2 aromatic carbocycles. The van der Waals surface area contributed by atoms with E-state index in [9.17, 15) is 4.79 Å². The first-order valence-electron chi connectivity index (χ1n) is 6.73. The maximum atomic E-state index is 11.7. The summed E-state index contributed by atoms with van der Waals surface area (Å²) >= 11 is 5.75. The lowest BCUT2D eigenvalue weighted by molar-refractivity contribution is 0.108. The van der Waals surface area contributed by atoms with E-state index in [1.165, 1.54) is 5.56 Å². The smallest absolute Gasteiger partial charge is 0.253 e. The maximum absolute atomic E-state index is 11.7. The van der Waals surface area contributed by atoms with Gasteiger partial charge in [0.1, 0.15) is 0 Å². The van der Waals surface area contributed by atoms with Crippen molar-refractivity contribution in [2.75, 3.05) is 0 Å². The molecule has 2 nitrogen and oxygen atoms in total. The van der Waals surface area contributed by atoms with E-state index in [0.717, 1.165) is 27.7 Å². The standard InChI is InChI=1S/C18H14ClNO/c1-11-3-6-13(7-4-11)17-10-15(18(19)21)14-9-12(2)5-8-16(14)20-17/h3-10H,1-2H3. The Morgan fingerprint density at radius 2 is 1.62 bits per heavy atom. The van der Waals surface area contributed by atoms with Gasteiger partial charge in [-0.2, -0.15) is 0 Å². The predicted octanol–water partition coefficient (Wildman–Crippen LogP) is 4.90. The number of pyridine rings is 1. The SMILES string of the molecule is Cc1ccc(-c2cc(C(=O)Cl)c3cc(C)ccc3n2)cc1. The molecule has 1 aromatic heterocycles. The fourth-order valence-electron chi connectivity index (χ4n) is 2.37. The number of carbonyl (C=O) groups excluding carboxylic acids is 1. The molecule has 3 heteroatoms. The Balaban J connectivity index is 2.28. The second-order valence-electron chi connectivity index (χ2n) is 5.22. The number of rotatable bonds is 2. The first-order valence-corrected chi connectivity index (χ1v) is 7.11. The minimum atomic E-state index is -0.457. The monoisotopic (exact) mass is 295 g/mol. The number of carbonyl (C=O) groups is 1. The summed E-state index contributed by atoms with van der Waals surface area (Å²) in [6.07, 6.45) is 0. The Morgan fingerprint density at radius 1 is 0.952 bits per heavy atom. The number of aromatic nitrogens is 1. The van der Waals surface area contributed by atoms with Crippen molar-refractivity contribution in [3.8, 4) is 11.3 Å². The van der Waals surface area contributed by atoms with Crippen LogP contribution in [0.2, 0.25) is 0 Å². The van der Waals surface area contributed by atoms with E-state index in [2.05, 4.69) is 4.98 Å². The molecule has 0 aliphatic rings. The summed E-state index contributed by atoms with van der Waals surface area (Å²) in [6.45, 7) is 4.02. The molecule has 0 spiro atoms. The number of halogens is 1. The molecule has 104 valence electrons. The van der Waals surface area contributed by atoms with E-state index in [-0.39, 0.29) is 0 Å². The molecule has 0 aliphatic carbocycles. The second-order valence-corrected chi connectivity index (χ2v) is 5.56. The first kappa shape index (κ1) is 13.8. The van der Waals surface area contributed by atoms with Crippen LogP contribution in [0.25, 0.3) is 22.2 Å². The average Bonchev–Trinajstić information content (AvgIpc) is 2.46. The number of nitrogens with zero attached hydrogens (tertiary/aromatic N) is 1. The van der Waals surface area contributed by atoms with Crippen LogP contribution in [-0.2, 0) is 0 Å². The first-order chi connectivity index (χ1) is 10.0. The lowest BCUT2D eigenvalue weighted by Crippen LogP contribution is -1.96. The number of fused-ring (bicyclic) bond motifs is 1. The van der Waals surface area contributed by atoms with Crippen LogP contribution in [-0.4, -0.2) is 10.2 Å². The van der Waals surface area contributed by atoms with Crippen molar-refractivity contribution in [3.63, 3.8) is 0 Å². The van der Waals surface area contributed by atoms with Crippen molar-refractivity contribution in [2.45, 2.75) is 13.8 Å². The Bertz CT molecular complexity index is 838. The van der Waals surface area contributed by atoms with Crippen LogP contribution in [0.5, 0.6) is 0 Å². The molecule has 1 heterocycles. The van der Waals surface area contributed by atoms with Crippen LogP contribution < -0.4 is 0 Å².